The third kappa shape index (κ3) is 3.58. The van der Waals surface area contributed by atoms with Gasteiger partial charge in [0.15, 0.2) is 5.84 Å². The molecule has 0 fully saturated rings. The molecule has 0 unspecified atom stereocenters. The second kappa shape index (κ2) is 6.85. The van der Waals surface area contributed by atoms with E-state index in [2.05, 4.69) is 5.16 Å². The van der Waals surface area contributed by atoms with E-state index in [-0.39, 0.29) is 5.84 Å². The Hall–Kier alpha value is -2.40. The van der Waals surface area contributed by atoms with Crippen LogP contribution in [0.15, 0.2) is 47.6 Å². The maximum absolute atomic E-state index is 8.63. The molecule has 0 radical (unpaired) electrons. The fourth-order valence-corrected chi connectivity index (χ4v) is 2.05. The van der Waals surface area contributed by atoms with Crippen molar-refractivity contribution >= 4 is 17.4 Å². The molecule has 0 heterocycles. The number of nitrogens with two attached hydrogens (primary N) is 1. The molecular formula is C15H15ClN2O3. The smallest absolute Gasteiger partial charge is 0.170 e. The lowest BCUT2D eigenvalue weighted by Gasteiger charge is -2.11. The Labute approximate surface area is 127 Å². The van der Waals surface area contributed by atoms with E-state index in [9.17, 15) is 0 Å². The van der Waals surface area contributed by atoms with Crippen molar-refractivity contribution in [3.05, 3.63) is 58.6 Å². The van der Waals surface area contributed by atoms with Crippen LogP contribution in [0.1, 0.15) is 11.1 Å². The number of amidine groups is 1. The zero-order valence-corrected chi connectivity index (χ0v) is 12.2. The molecule has 21 heavy (non-hydrogen) atoms. The standard InChI is InChI=1S/C15H15ClN2O3/c1-20-13-5-3-2-4-11(13)9-21-14-7-6-10(8-12(14)16)15(17)18-19/h2-8,19H,9H2,1H3,(H2,17,18). The van der Waals surface area contributed by atoms with Crippen LogP contribution in [-0.2, 0) is 6.61 Å². The number of hydrogen-bond donors (Lipinski definition) is 2. The summed E-state index contributed by atoms with van der Waals surface area (Å²) in [6.07, 6.45) is 0. The first-order valence-electron chi connectivity index (χ1n) is 6.18. The van der Waals surface area contributed by atoms with Crippen molar-refractivity contribution in [1.82, 2.24) is 0 Å². The molecule has 0 saturated carbocycles. The Kier molecular flexibility index (Phi) is 4.90. The molecule has 6 heteroatoms. The lowest BCUT2D eigenvalue weighted by atomic mass is 10.2. The first kappa shape index (κ1) is 15.0. The van der Waals surface area contributed by atoms with Gasteiger partial charge in [-0.1, -0.05) is 35.0 Å². The molecule has 2 aromatic rings. The summed E-state index contributed by atoms with van der Waals surface area (Å²) < 4.78 is 10.9. The zero-order valence-electron chi connectivity index (χ0n) is 11.4. The van der Waals surface area contributed by atoms with Gasteiger partial charge in [0.05, 0.1) is 12.1 Å². The minimum atomic E-state index is -0.00632. The average molecular weight is 307 g/mol. The summed E-state index contributed by atoms with van der Waals surface area (Å²) in [5, 5.41) is 11.9. The molecular weight excluding hydrogens is 292 g/mol. The molecule has 0 atom stereocenters. The fraction of sp³-hybridized carbons (Fsp3) is 0.133. The van der Waals surface area contributed by atoms with Crippen molar-refractivity contribution < 1.29 is 14.7 Å². The van der Waals surface area contributed by atoms with Gasteiger partial charge in [0, 0.05) is 11.1 Å². The third-order valence-electron chi connectivity index (χ3n) is 2.91. The summed E-state index contributed by atoms with van der Waals surface area (Å²) in [6.45, 7) is 0.326. The number of para-hydroxylation sites is 1. The molecule has 5 nitrogen and oxygen atoms in total. The van der Waals surface area contributed by atoms with E-state index in [1.54, 1.807) is 25.3 Å². The van der Waals surface area contributed by atoms with E-state index in [1.807, 2.05) is 24.3 Å². The number of hydrogen-bond acceptors (Lipinski definition) is 4. The molecule has 0 saturated heterocycles. The van der Waals surface area contributed by atoms with Gasteiger partial charge in [-0.15, -0.1) is 0 Å². The summed E-state index contributed by atoms with van der Waals surface area (Å²) in [5.74, 6) is 1.26. The Morgan fingerprint density at radius 3 is 2.67 bits per heavy atom. The largest absolute Gasteiger partial charge is 0.496 e. The molecule has 0 bridgehead atoms. The molecule has 0 aromatic heterocycles. The van der Waals surface area contributed by atoms with Crippen molar-refractivity contribution in [3.63, 3.8) is 0 Å². The van der Waals surface area contributed by atoms with Crippen LogP contribution in [0.4, 0.5) is 0 Å². The monoisotopic (exact) mass is 306 g/mol. The van der Waals surface area contributed by atoms with E-state index < -0.39 is 0 Å². The number of halogens is 1. The van der Waals surface area contributed by atoms with Crippen LogP contribution in [0, 0.1) is 0 Å². The quantitative estimate of drug-likeness (QED) is 0.385. The highest BCUT2D eigenvalue weighted by atomic mass is 35.5. The van der Waals surface area contributed by atoms with E-state index in [4.69, 9.17) is 32.0 Å². The van der Waals surface area contributed by atoms with Crippen LogP contribution >= 0.6 is 11.6 Å². The highest BCUT2D eigenvalue weighted by molar-refractivity contribution is 6.32. The van der Waals surface area contributed by atoms with Crippen LogP contribution in [0.25, 0.3) is 0 Å². The topological polar surface area (TPSA) is 77.1 Å². The summed E-state index contributed by atoms with van der Waals surface area (Å²) in [5.41, 5.74) is 6.93. The van der Waals surface area contributed by atoms with Gasteiger partial charge in [-0.05, 0) is 24.3 Å². The minimum Gasteiger partial charge on any atom is -0.496 e. The van der Waals surface area contributed by atoms with Crippen molar-refractivity contribution in [3.8, 4) is 11.5 Å². The summed E-state index contributed by atoms with van der Waals surface area (Å²) in [7, 11) is 1.61. The van der Waals surface area contributed by atoms with Gasteiger partial charge in [-0.2, -0.15) is 0 Å². The van der Waals surface area contributed by atoms with E-state index >= 15 is 0 Å². The Balaban J connectivity index is 2.14. The van der Waals surface area contributed by atoms with Crippen LogP contribution in [0.5, 0.6) is 11.5 Å². The van der Waals surface area contributed by atoms with E-state index in [1.165, 1.54) is 0 Å². The predicted molar refractivity (Wildman–Crippen MR) is 81.3 cm³/mol. The average Bonchev–Trinajstić information content (AvgIpc) is 2.53. The van der Waals surface area contributed by atoms with Crippen LogP contribution in [0.2, 0.25) is 5.02 Å². The zero-order chi connectivity index (χ0) is 15.2. The number of rotatable bonds is 5. The van der Waals surface area contributed by atoms with Crippen molar-refractivity contribution in [2.75, 3.05) is 7.11 Å². The molecule has 110 valence electrons. The second-order valence-corrected chi connectivity index (χ2v) is 4.64. The number of ether oxygens (including phenoxy) is 2. The summed E-state index contributed by atoms with van der Waals surface area (Å²) in [6, 6.07) is 12.5. The maximum atomic E-state index is 8.63. The van der Waals surface area contributed by atoms with Gasteiger partial charge in [-0.3, -0.25) is 0 Å². The molecule has 3 N–H and O–H groups in total. The lowest BCUT2D eigenvalue weighted by molar-refractivity contribution is 0.297. The van der Waals surface area contributed by atoms with E-state index in [0.717, 1.165) is 11.3 Å². The van der Waals surface area contributed by atoms with E-state index in [0.29, 0.717) is 22.9 Å². The first-order chi connectivity index (χ1) is 10.2. The van der Waals surface area contributed by atoms with Gasteiger partial charge < -0.3 is 20.4 Å². The van der Waals surface area contributed by atoms with Crippen molar-refractivity contribution in [2.24, 2.45) is 10.9 Å². The fourth-order valence-electron chi connectivity index (χ4n) is 1.81. The summed E-state index contributed by atoms with van der Waals surface area (Å²) in [4.78, 5) is 0. The lowest BCUT2D eigenvalue weighted by Crippen LogP contribution is -2.12. The minimum absolute atomic E-state index is 0.00632. The number of nitrogens with zero attached hydrogens (tertiary/aromatic N) is 1. The molecule has 0 aliphatic rings. The van der Waals surface area contributed by atoms with Gasteiger partial charge in [0.25, 0.3) is 0 Å². The second-order valence-electron chi connectivity index (χ2n) is 4.23. The summed E-state index contributed by atoms with van der Waals surface area (Å²) >= 11 is 6.12. The Bertz CT molecular complexity index is 659. The molecule has 0 aliphatic carbocycles. The maximum Gasteiger partial charge on any atom is 0.170 e. The molecule has 2 aromatic carbocycles. The molecule has 0 spiro atoms. The molecule has 0 aliphatic heterocycles. The SMILES string of the molecule is COc1ccccc1COc1ccc(C(N)=NO)cc1Cl. The van der Waals surface area contributed by atoms with Gasteiger partial charge in [0.1, 0.15) is 18.1 Å². The van der Waals surface area contributed by atoms with Crippen LogP contribution < -0.4 is 15.2 Å². The van der Waals surface area contributed by atoms with Gasteiger partial charge in [0.2, 0.25) is 0 Å². The Morgan fingerprint density at radius 1 is 1.24 bits per heavy atom. The van der Waals surface area contributed by atoms with Crippen LogP contribution in [-0.4, -0.2) is 18.2 Å². The van der Waals surface area contributed by atoms with Crippen molar-refractivity contribution in [2.45, 2.75) is 6.61 Å². The highest BCUT2D eigenvalue weighted by Crippen LogP contribution is 2.27. The van der Waals surface area contributed by atoms with Gasteiger partial charge >= 0.3 is 0 Å². The Morgan fingerprint density at radius 2 is 2.00 bits per heavy atom. The number of oxime groups is 1. The molecule has 0 amide bonds. The first-order valence-corrected chi connectivity index (χ1v) is 6.55. The number of benzene rings is 2. The number of methoxy groups -OCH3 is 1. The molecule has 2 rings (SSSR count). The van der Waals surface area contributed by atoms with Crippen LogP contribution in [0.3, 0.4) is 0 Å². The van der Waals surface area contributed by atoms with Gasteiger partial charge in [-0.25, -0.2) is 0 Å². The normalized spacial score (nSPS) is 11.2. The highest BCUT2D eigenvalue weighted by Gasteiger charge is 2.08. The van der Waals surface area contributed by atoms with Crippen molar-refractivity contribution in [1.29, 1.82) is 0 Å². The third-order valence-corrected chi connectivity index (χ3v) is 3.21. The predicted octanol–water partition coefficient (Wildman–Crippen LogP) is 3.02.